The summed E-state index contributed by atoms with van der Waals surface area (Å²) in [6.07, 6.45) is 0.219. The molecule has 3 nitrogen and oxygen atoms in total. The minimum atomic E-state index is -0.602. The van der Waals surface area contributed by atoms with Gasteiger partial charge < -0.3 is 4.89 Å². The predicted octanol–water partition coefficient (Wildman–Crippen LogP) is 0.413. The van der Waals surface area contributed by atoms with Gasteiger partial charge in [-0.3, -0.25) is 0 Å². The van der Waals surface area contributed by atoms with Crippen LogP contribution < -0.4 is 0 Å². The standard InChI is InChI=1S/C3H6O3/c1-2-3(4)6-5/h5H,2H2,1H3. The molecule has 0 aromatic carbocycles. The fourth-order valence-corrected chi connectivity index (χ4v) is 0.0645. The molecule has 0 aromatic rings. The molecule has 0 saturated heterocycles. The second-order valence-corrected chi connectivity index (χ2v) is 0.817. The van der Waals surface area contributed by atoms with Crippen molar-refractivity contribution in [2.24, 2.45) is 0 Å². The van der Waals surface area contributed by atoms with Crippen molar-refractivity contribution >= 4 is 5.97 Å². The van der Waals surface area contributed by atoms with E-state index in [-0.39, 0.29) is 6.42 Å². The molecule has 0 aliphatic rings. The summed E-state index contributed by atoms with van der Waals surface area (Å²) < 4.78 is 0. The lowest BCUT2D eigenvalue weighted by atomic mass is 10.5. The van der Waals surface area contributed by atoms with Crippen LogP contribution in [0, 0.1) is 0 Å². The minimum Gasteiger partial charge on any atom is -0.301 e. The zero-order valence-electron chi connectivity index (χ0n) is 3.47. The molecule has 0 aliphatic carbocycles. The molecule has 6 heavy (non-hydrogen) atoms. The smallest absolute Gasteiger partial charge is 0.301 e. The Bertz CT molecular complexity index is 44.0. The van der Waals surface area contributed by atoms with Gasteiger partial charge in [0.25, 0.3) is 0 Å². The highest BCUT2D eigenvalue weighted by Crippen LogP contribution is 1.75. The summed E-state index contributed by atoms with van der Waals surface area (Å²) in [5.41, 5.74) is 0. The number of hydrogen-bond donors (Lipinski definition) is 1. The van der Waals surface area contributed by atoms with E-state index in [9.17, 15) is 4.79 Å². The highest BCUT2D eigenvalue weighted by atomic mass is 17.1. The molecule has 0 unspecified atom stereocenters. The van der Waals surface area contributed by atoms with Crippen LogP contribution in [0.5, 0.6) is 0 Å². The van der Waals surface area contributed by atoms with Crippen LogP contribution in [0.1, 0.15) is 13.3 Å². The Labute approximate surface area is 35.5 Å². The van der Waals surface area contributed by atoms with Crippen molar-refractivity contribution in [3.63, 3.8) is 0 Å². The van der Waals surface area contributed by atoms with Crippen LogP contribution in [-0.2, 0) is 9.68 Å². The van der Waals surface area contributed by atoms with Gasteiger partial charge in [-0.2, -0.15) is 5.26 Å². The van der Waals surface area contributed by atoms with Crippen molar-refractivity contribution in [2.45, 2.75) is 13.3 Å². The SMILES string of the molecule is CCC(=O)OO. The van der Waals surface area contributed by atoms with Crippen LogP contribution in [0.2, 0.25) is 0 Å². The van der Waals surface area contributed by atoms with E-state index in [1.165, 1.54) is 0 Å². The highest BCUT2D eigenvalue weighted by molar-refractivity contribution is 5.67. The number of carbonyl (C=O) groups excluding carboxylic acids is 1. The van der Waals surface area contributed by atoms with Crippen LogP contribution in [0.15, 0.2) is 0 Å². The molecular weight excluding hydrogens is 84.0 g/mol. The van der Waals surface area contributed by atoms with Gasteiger partial charge in [0.1, 0.15) is 0 Å². The van der Waals surface area contributed by atoms with E-state index in [2.05, 4.69) is 4.89 Å². The Morgan fingerprint density at radius 3 is 2.50 bits per heavy atom. The van der Waals surface area contributed by atoms with Gasteiger partial charge in [0.05, 0.1) is 0 Å². The topological polar surface area (TPSA) is 46.5 Å². The fourth-order valence-electron chi connectivity index (χ4n) is 0.0645. The molecule has 0 amide bonds. The molecule has 0 radical (unpaired) electrons. The lowest BCUT2D eigenvalue weighted by molar-refractivity contribution is -0.233. The average Bonchev–Trinajstić information content (AvgIpc) is 1.65. The average molecular weight is 90.1 g/mol. The van der Waals surface area contributed by atoms with Gasteiger partial charge in [-0.15, -0.1) is 0 Å². The molecule has 0 spiro atoms. The predicted molar refractivity (Wildman–Crippen MR) is 19.0 cm³/mol. The Hall–Kier alpha value is -0.570. The minimum absolute atomic E-state index is 0.219. The molecule has 0 fully saturated rings. The fraction of sp³-hybridized carbons (Fsp3) is 0.667. The van der Waals surface area contributed by atoms with E-state index in [0.717, 1.165) is 0 Å². The Balaban J connectivity index is 2.99. The van der Waals surface area contributed by atoms with E-state index in [1.54, 1.807) is 6.92 Å². The number of rotatable bonds is 1. The lowest BCUT2D eigenvalue weighted by Gasteiger charge is -1.83. The molecule has 0 rings (SSSR count). The summed E-state index contributed by atoms with van der Waals surface area (Å²) in [7, 11) is 0. The Morgan fingerprint density at radius 1 is 2.00 bits per heavy atom. The molecule has 36 valence electrons. The third-order valence-electron chi connectivity index (χ3n) is 0.390. The van der Waals surface area contributed by atoms with Crippen molar-refractivity contribution in [3.05, 3.63) is 0 Å². The number of carbonyl (C=O) groups is 1. The molecule has 0 bridgehead atoms. The van der Waals surface area contributed by atoms with Gasteiger partial charge in [-0.25, -0.2) is 4.79 Å². The third-order valence-corrected chi connectivity index (χ3v) is 0.390. The summed E-state index contributed by atoms with van der Waals surface area (Å²) in [4.78, 5) is 13.0. The molecule has 0 atom stereocenters. The first-order chi connectivity index (χ1) is 2.81. The van der Waals surface area contributed by atoms with Crippen LogP contribution in [0.3, 0.4) is 0 Å². The Morgan fingerprint density at radius 2 is 2.50 bits per heavy atom. The molecular formula is C3H6O3. The first-order valence-electron chi connectivity index (χ1n) is 1.65. The summed E-state index contributed by atoms with van der Waals surface area (Å²) >= 11 is 0. The summed E-state index contributed by atoms with van der Waals surface area (Å²) in [6, 6.07) is 0. The maximum Gasteiger partial charge on any atom is 0.341 e. The maximum absolute atomic E-state index is 9.71. The quantitative estimate of drug-likeness (QED) is 0.374. The van der Waals surface area contributed by atoms with Crippen molar-refractivity contribution in [3.8, 4) is 0 Å². The van der Waals surface area contributed by atoms with Gasteiger partial charge in [-0.05, 0) is 0 Å². The van der Waals surface area contributed by atoms with Gasteiger partial charge in [0.2, 0.25) is 0 Å². The zero-order chi connectivity index (χ0) is 4.99. The van der Waals surface area contributed by atoms with Crippen LogP contribution in [0.4, 0.5) is 0 Å². The van der Waals surface area contributed by atoms with E-state index in [0.29, 0.717) is 0 Å². The lowest BCUT2D eigenvalue weighted by Crippen LogP contribution is -1.95. The second kappa shape index (κ2) is 2.66. The van der Waals surface area contributed by atoms with Crippen LogP contribution in [-0.4, -0.2) is 11.2 Å². The van der Waals surface area contributed by atoms with Crippen LogP contribution in [0.25, 0.3) is 0 Å². The van der Waals surface area contributed by atoms with E-state index in [4.69, 9.17) is 5.26 Å². The first-order valence-corrected chi connectivity index (χ1v) is 1.65. The van der Waals surface area contributed by atoms with Gasteiger partial charge >= 0.3 is 5.97 Å². The van der Waals surface area contributed by atoms with Crippen LogP contribution >= 0.6 is 0 Å². The van der Waals surface area contributed by atoms with Gasteiger partial charge in [0.15, 0.2) is 0 Å². The normalized spacial score (nSPS) is 7.67. The summed E-state index contributed by atoms with van der Waals surface area (Å²) in [5, 5.41) is 7.49. The van der Waals surface area contributed by atoms with Gasteiger partial charge in [-0.1, -0.05) is 6.92 Å². The summed E-state index contributed by atoms with van der Waals surface area (Å²) in [6.45, 7) is 1.60. The molecule has 1 N–H and O–H groups in total. The summed E-state index contributed by atoms with van der Waals surface area (Å²) in [5.74, 6) is -0.602. The van der Waals surface area contributed by atoms with Crippen molar-refractivity contribution in [1.29, 1.82) is 0 Å². The second-order valence-electron chi connectivity index (χ2n) is 0.817. The zero-order valence-corrected chi connectivity index (χ0v) is 3.47. The maximum atomic E-state index is 9.71. The number of hydrogen-bond acceptors (Lipinski definition) is 3. The molecule has 3 heteroatoms. The molecule has 0 aromatic heterocycles. The Kier molecular flexibility index (Phi) is 2.40. The molecule has 0 saturated carbocycles. The first kappa shape index (κ1) is 5.43. The van der Waals surface area contributed by atoms with Crippen molar-refractivity contribution in [1.82, 2.24) is 0 Å². The van der Waals surface area contributed by atoms with Crippen molar-refractivity contribution < 1.29 is 14.9 Å². The molecule has 0 aliphatic heterocycles. The van der Waals surface area contributed by atoms with Crippen molar-refractivity contribution in [2.75, 3.05) is 0 Å². The molecule has 0 heterocycles. The van der Waals surface area contributed by atoms with E-state index >= 15 is 0 Å². The largest absolute Gasteiger partial charge is 0.341 e. The monoisotopic (exact) mass is 90.0 g/mol. The van der Waals surface area contributed by atoms with E-state index in [1.807, 2.05) is 0 Å². The van der Waals surface area contributed by atoms with Gasteiger partial charge in [0, 0.05) is 6.42 Å². The van der Waals surface area contributed by atoms with E-state index < -0.39 is 5.97 Å². The highest BCUT2D eigenvalue weighted by Gasteiger charge is 1.90. The third kappa shape index (κ3) is 1.72.